The average Bonchev–Trinajstić information content (AvgIpc) is 2.69. The molecule has 28 heavy (non-hydrogen) atoms. The Bertz CT molecular complexity index is 726. The van der Waals surface area contributed by atoms with Gasteiger partial charge in [0, 0.05) is 32.2 Å². The Hall–Kier alpha value is -1.00. The molecule has 0 radical (unpaired) electrons. The van der Waals surface area contributed by atoms with Gasteiger partial charge in [-0.2, -0.15) is 0 Å². The summed E-state index contributed by atoms with van der Waals surface area (Å²) in [7, 11) is 0. The lowest BCUT2D eigenvalue weighted by Crippen LogP contribution is -2.50. The second-order valence-electron chi connectivity index (χ2n) is 8.10. The van der Waals surface area contributed by atoms with Gasteiger partial charge in [0.15, 0.2) is 0 Å². The molecule has 2 aromatic carbocycles. The fourth-order valence-electron chi connectivity index (χ4n) is 4.85. The summed E-state index contributed by atoms with van der Waals surface area (Å²) in [4.78, 5) is 5.41. The molecule has 0 bridgehead atoms. The van der Waals surface area contributed by atoms with Gasteiger partial charge in [0.1, 0.15) is 5.75 Å². The second-order valence-corrected chi connectivity index (χ2v) is 8.10. The SMILES string of the molecule is Cl.Cl.Oc1ccc2c(CCCN3CCN(C4CCCCC4)CC3)cccc2c1. The number of halogens is 2. The van der Waals surface area contributed by atoms with Crippen molar-refractivity contribution >= 4 is 35.6 Å². The first-order valence-electron chi connectivity index (χ1n) is 10.5. The largest absolute Gasteiger partial charge is 0.508 e. The van der Waals surface area contributed by atoms with Crippen LogP contribution in [0.15, 0.2) is 36.4 Å². The maximum Gasteiger partial charge on any atom is 0.116 e. The number of hydrogen-bond acceptors (Lipinski definition) is 3. The Kier molecular flexibility index (Phi) is 9.36. The zero-order chi connectivity index (χ0) is 17.8. The van der Waals surface area contributed by atoms with Gasteiger partial charge in [-0.1, -0.05) is 43.5 Å². The van der Waals surface area contributed by atoms with Crippen molar-refractivity contribution in [2.75, 3.05) is 32.7 Å². The summed E-state index contributed by atoms with van der Waals surface area (Å²) < 4.78 is 0. The first-order valence-corrected chi connectivity index (χ1v) is 10.5. The number of aromatic hydroxyl groups is 1. The van der Waals surface area contributed by atoms with Crippen LogP contribution in [0.4, 0.5) is 0 Å². The topological polar surface area (TPSA) is 26.7 Å². The molecule has 0 unspecified atom stereocenters. The lowest BCUT2D eigenvalue weighted by molar-refractivity contribution is 0.0785. The Labute approximate surface area is 181 Å². The third kappa shape index (κ3) is 5.76. The first kappa shape index (κ1) is 23.3. The van der Waals surface area contributed by atoms with Crippen LogP contribution >= 0.6 is 24.8 Å². The zero-order valence-electron chi connectivity index (χ0n) is 16.7. The van der Waals surface area contributed by atoms with Crippen molar-refractivity contribution in [1.29, 1.82) is 0 Å². The highest BCUT2D eigenvalue weighted by molar-refractivity contribution is 5.87. The van der Waals surface area contributed by atoms with Gasteiger partial charge in [0.25, 0.3) is 0 Å². The molecular weight excluding hydrogens is 391 g/mol. The summed E-state index contributed by atoms with van der Waals surface area (Å²) in [5.74, 6) is 0.352. The van der Waals surface area contributed by atoms with Gasteiger partial charge in [-0.25, -0.2) is 0 Å². The fraction of sp³-hybridized carbons (Fsp3) is 0.565. The van der Waals surface area contributed by atoms with E-state index >= 15 is 0 Å². The van der Waals surface area contributed by atoms with Crippen LogP contribution in [-0.2, 0) is 6.42 Å². The van der Waals surface area contributed by atoms with Crippen LogP contribution in [0.2, 0.25) is 0 Å². The quantitative estimate of drug-likeness (QED) is 0.707. The fourth-order valence-corrected chi connectivity index (χ4v) is 4.85. The first-order chi connectivity index (χ1) is 12.8. The molecule has 156 valence electrons. The van der Waals surface area contributed by atoms with Gasteiger partial charge < -0.3 is 10.0 Å². The minimum Gasteiger partial charge on any atom is -0.508 e. The van der Waals surface area contributed by atoms with E-state index in [1.54, 1.807) is 6.07 Å². The number of phenols is 1. The van der Waals surface area contributed by atoms with E-state index in [1.807, 2.05) is 6.07 Å². The smallest absolute Gasteiger partial charge is 0.116 e. The molecule has 5 heteroatoms. The van der Waals surface area contributed by atoms with Crippen molar-refractivity contribution < 1.29 is 5.11 Å². The number of rotatable bonds is 5. The summed E-state index contributed by atoms with van der Waals surface area (Å²) in [5.41, 5.74) is 1.41. The predicted molar refractivity (Wildman–Crippen MR) is 123 cm³/mol. The summed E-state index contributed by atoms with van der Waals surface area (Å²) in [6.07, 6.45) is 9.51. The third-order valence-electron chi connectivity index (χ3n) is 6.37. The molecule has 1 N–H and O–H groups in total. The van der Waals surface area contributed by atoms with Gasteiger partial charge in [-0.05, 0) is 60.7 Å². The molecule has 4 rings (SSSR count). The highest BCUT2D eigenvalue weighted by atomic mass is 35.5. The maximum atomic E-state index is 9.67. The van der Waals surface area contributed by atoms with E-state index in [1.165, 1.54) is 82.2 Å². The molecule has 2 aliphatic rings. The molecular formula is C23H34Cl2N2O. The number of piperazine rings is 1. The minimum atomic E-state index is 0. The van der Waals surface area contributed by atoms with E-state index in [0.29, 0.717) is 5.75 Å². The van der Waals surface area contributed by atoms with Crippen molar-refractivity contribution in [3.05, 3.63) is 42.0 Å². The highest BCUT2D eigenvalue weighted by Crippen LogP contribution is 2.25. The van der Waals surface area contributed by atoms with E-state index in [4.69, 9.17) is 0 Å². The lowest BCUT2D eigenvalue weighted by atomic mass is 9.94. The number of aryl methyl sites for hydroxylation is 1. The van der Waals surface area contributed by atoms with E-state index in [0.717, 1.165) is 17.8 Å². The second kappa shape index (κ2) is 11.3. The van der Waals surface area contributed by atoms with E-state index in [-0.39, 0.29) is 24.8 Å². The van der Waals surface area contributed by atoms with E-state index < -0.39 is 0 Å². The molecule has 2 fully saturated rings. The number of nitrogens with zero attached hydrogens (tertiary/aromatic N) is 2. The van der Waals surface area contributed by atoms with Gasteiger partial charge in [0.05, 0.1) is 0 Å². The summed E-state index contributed by atoms with van der Waals surface area (Å²) in [6, 6.07) is 13.0. The molecule has 1 saturated carbocycles. The molecule has 2 aromatic rings. The van der Waals surface area contributed by atoms with Crippen molar-refractivity contribution in [2.45, 2.75) is 51.0 Å². The van der Waals surface area contributed by atoms with E-state index in [2.05, 4.69) is 34.1 Å². The molecule has 1 aliphatic heterocycles. The Balaban J connectivity index is 0.00000140. The summed E-state index contributed by atoms with van der Waals surface area (Å²) in [5, 5.41) is 12.1. The Morgan fingerprint density at radius 2 is 1.64 bits per heavy atom. The number of benzene rings is 2. The molecule has 1 heterocycles. The number of phenolic OH excluding ortho intramolecular Hbond substituents is 1. The molecule has 0 amide bonds. The summed E-state index contributed by atoms with van der Waals surface area (Å²) in [6.45, 7) is 6.20. The Morgan fingerprint density at radius 3 is 2.39 bits per heavy atom. The van der Waals surface area contributed by atoms with Gasteiger partial charge in [0.2, 0.25) is 0 Å². The average molecular weight is 425 g/mol. The lowest BCUT2D eigenvalue weighted by Gasteiger charge is -2.40. The normalized spacial score (nSPS) is 19.1. The van der Waals surface area contributed by atoms with Crippen molar-refractivity contribution in [3.8, 4) is 5.75 Å². The van der Waals surface area contributed by atoms with Crippen molar-refractivity contribution in [1.82, 2.24) is 9.80 Å². The monoisotopic (exact) mass is 424 g/mol. The van der Waals surface area contributed by atoms with Crippen LogP contribution in [0, 0.1) is 0 Å². The van der Waals surface area contributed by atoms with Crippen LogP contribution in [0.25, 0.3) is 10.8 Å². The zero-order valence-corrected chi connectivity index (χ0v) is 18.3. The number of fused-ring (bicyclic) bond motifs is 1. The van der Waals surface area contributed by atoms with Gasteiger partial charge in [-0.3, -0.25) is 4.90 Å². The van der Waals surface area contributed by atoms with Crippen LogP contribution in [-0.4, -0.2) is 53.7 Å². The summed E-state index contributed by atoms with van der Waals surface area (Å²) >= 11 is 0. The molecule has 0 aromatic heterocycles. The standard InChI is InChI=1S/C23H32N2O.2ClH/c26-22-11-12-23-19(6-4-7-20(23)18-22)8-5-13-24-14-16-25(17-15-24)21-9-2-1-3-10-21;;/h4,6-7,11-12,18,21,26H,1-3,5,8-10,13-17H2;2*1H. The molecule has 1 saturated heterocycles. The van der Waals surface area contributed by atoms with Crippen LogP contribution in [0.3, 0.4) is 0 Å². The third-order valence-corrected chi connectivity index (χ3v) is 6.37. The Morgan fingerprint density at radius 1 is 0.893 bits per heavy atom. The van der Waals surface area contributed by atoms with Crippen molar-refractivity contribution in [2.24, 2.45) is 0 Å². The molecule has 1 aliphatic carbocycles. The van der Waals surface area contributed by atoms with Gasteiger partial charge >= 0.3 is 0 Å². The maximum absolute atomic E-state index is 9.67. The molecule has 3 nitrogen and oxygen atoms in total. The van der Waals surface area contributed by atoms with Crippen LogP contribution in [0.5, 0.6) is 5.75 Å². The predicted octanol–water partition coefficient (Wildman–Crippen LogP) is 5.27. The van der Waals surface area contributed by atoms with Gasteiger partial charge in [-0.15, -0.1) is 24.8 Å². The highest BCUT2D eigenvalue weighted by Gasteiger charge is 2.24. The van der Waals surface area contributed by atoms with E-state index in [9.17, 15) is 5.11 Å². The van der Waals surface area contributed by atoms with Crippen molar-refractivity contribution in [3.63, 3.8) is 0 Å². The van der Waals surface area contributed by atoms with Crippen LogP contribution < -0.4 is 0 Å². The van der Waals surface area contributed by atoms with Crippen LogP contribution in [0.1, 0.15) is 44.1 Å². The molecule has 0 spiro atoms. The minimum absolute atomic E-state index is 0. The number of hydrogen-bond donors (Lipinski definition) is 1. The molecule has 0 atom stereocenters.